The summed E-state index contributed by atoms with van der Waals surface area (Å²) in [7, 11) is 0. The molecule has 1 aliphatic carbocycles. The zero-order valence-corrected chi connectivity index (χ0v) is 18.0. The van der Waals surface area contributed by atoms with Gasteiger partial charge in [-0.05, 0) is 72.6 Å². The van der Waals surface area contributed by atoms with Crippen LogP contribution in [-0.2, 0) is 6.42 Å². The molecule has 0 N–H and O–H groups in total. The van der Waals surface area contributed by atoms with Gasteiger partial charge in [-0.3, -0.25) is 0 Å². The van der Waals surface area contributed by atoms with Gasteiger partial charge in [0, 0.05) is 0 Å². The Morgan fingerprint density at radius 1 is 0.750 bits per heavy atom. The first kappa shape index (κ1) is 20.9. The second kappa shape index (κ2) is 11.2. The Hall–Kier alpha value is -1.82. The minimum Gasteiger partial charge on any atom is -0.0808 e. The second-order valence-electron chi connectivity index (χ2n) is 8.70. The molecule has 0 bridgehead atoms. The Balaban J connectivity index is 1.52. The van der Waals surface area contributed by atoms with Crippen LogP contribution in [0.15, 0.2) is 54.6 Å². The van der Waals surface area contributed by atoms with Gasteiger partial charge in [0.1, 0.15) is 0 Å². The molecule has 0 spiro atoms. The van der Waals surface area contributed by atoms with Gasteiger partial charge in [0.25, 0.3) is 0 Å². The van der Waals surface area contributed by atoms with Gasteiger partial charge >= 0.3 is 0 Å². The van der Waals surface area contributed by atoms with E-state index >= 15 is 0 Å². The molecule has 1 fully saturated rings. The summed E-state index contributed by atoms with van der Waals surface area (Å²) in [6, 6.07) is 18.2. The van der Waals surface area contributed by atoms with Crippen LogP contribution in [0.5, 0.6) is 0 Å². The van der Waals surface area contributed by atoms with E-state index in [4.69, 9.17) is 0 Å². The fourth-order valence-electron chi connectivity index (χ4n) is 4.55. The lowest BCUT2D eigenvalue weighted by Gasteiger charge is -2.26. The highest BCUT2D eigenvalue weighted by molar-refractivity contribution is 5.66. The monoisotopic (exact) mass is 374 g/mol. The first-order chi connectivity index (χ1) is 13.8. The molecule has 28 heavy (non-hydrogen) atoms. The molecule has 2 aromatic carbocycles. The van der Waals surface area contributed by atoms with Crippen molar-refractivity contribution < 1.29 is 0 Å². The molecule has 3 rings (SSSR count). The molecular formula is C28H38. The van der Waals surface area contributed by atoms with Crippen LogP contribution in [0.2, 0.25) is 0 Å². The summed E-state index contributed by atoms with van der Waals surface area (Å²) in [5.74, 6) is 1.78. The normalized spacial score (nSPS) is 19.9. The highest BCUT2D eigenvalue weighted by atomic mass is 14.2. The Morgan fingerprint density at radius 3 is 2.00 bits per heavy atom. The standard InChI is InChI=1S/C28H38/c1-3-5-6-8-24-15-19-27(20-16-24)28-21-17-26(18-22-28)14-13-25-11-9-23(7-4-2)10-12-25/h13-23,25H,3-12H2,1-2H3. The summed E-state index contributed by atoms with van der Waals surface area (Å²) >= 11 is 0. The summed E-state index contributed by atoms with van der Waals surface area (Å²) in [5, 5.41) is 0. The zero-order valence-electron chi connectivity index (χ0n) is 18.0. The molecule has 0 nitrogen and oxygen atoms in total. The number of hydrogen-bond donors (Lipinski definition) is 0. The number of unbranched alkanes of at least 4 members (excludes halogenated alkanes) is 2. The molecule has 0 heterocycles. The molecule has 2 aromatic rings. The van der Waals surface area contributed by atoms with Gasteiger partial charge in [-0.2, -0.15) is 0 Å². The highest BCUT2D eigenvalue weighted by Crippen LogP contribution is 2.32. The van der Waals surface area contributed by atoms with Gasteiger partial charge in [-0.15, -0.1) is 0 Å². The van der Waals surface area contributed by atoms with Crippen molar-refractivity contribution in [3.63, 3.8) is 0 Å². The summed E-state index contributed by atoms with van der Waals surface area (Å²) in [6.45, 7) is 4.58. The molecular weight excluding hydrogens is 336 g/mol. The molecule has 0 amide bonds. The lowest BCUT2D eigenvalue weighted by atomic mass is 9.80. The molecule has 0 radical (unpaired) electrons. The van der Waals surface area contributed by atoms with Gasteiger partial charge in [0.2, 0.25) is 0 Å². The van der Waals surface area contributed by atoms with E-state index in [2.05, 4.69) is 74.5 Å². The summed E-state index contributed by atoms with van der Waals surface area (Å²) < 4.78 is 0. The van der Waals surface area contributed by atoms with Gasteiger partial charge in [-0.1, -0.05) is 100 Å². The predicted octanol–water partition coefficient (Wildman–Crippen LogP) is 8.71. The molecule has 1 saturated carbocycles. The molecule has 0 aromatic heterocycles. The van der Waals surface area contributed by atoms with Crippen molar-refractivity contribution in [2.45, 2.75) is 78.1 Å². The average Bonchev–Trinajstić information content (AvgIpc) is 2.75. The van der Waals surface area contributed by atoms with E-state index in [0.29, 0.717) is 0 Å². The van der Waals surface area contributed by atoms with Crippen molar-refractivity contribution in [3.05, 3.63) is 65.7 Å². The summed E-state index contributed by atoms with van der Waals surface area (Å²) in [6.07, 6.45) is 18.3. The second-order valence-corrected chi connectivity index (χ2v) is 8.70. The first-order valence-corrected chi connectivity index (χ1v) is 11.7. The Labute approximate surface area is 173 Å². The van der Waals surface area contributed by atoms with E-state index in [0.717, 1.165) is 11.8 Å². The Bertz CT molecular complexity index is 697. The number of allylic oxidation sites excluding steroid dienone is 1. The van der Waals surface area contributed by atoms with E-state index in [9.17, 15) is 0 Å². The predicted molar refractivity (Wildman–Crippen MR) is 124 cm³/mol. The van der Waals surface area contributed by atoms with Gasteiger partial charge in [0.05, 0.1) is 0 Å². The molecule has 0 heteroatoms. The topological polar surface area (TPSA) is 0 Å². The van der Waals surface area contributed by atoms with Crippen LogP contribution in [0, 0.1) is 11.8 Å². The summed E-state index contributed by atoms with van der Waals surface area (Å²) in [5.41, 5.74) is 5.43. The fourth-order valence-corrected chi connectivity index (χ4v) is 4.55. The molecule has 0 aliphatic heterocycles. The van der Waals surface area contributed by atoms with Crippen molar-refractivity contribution >= 4 is 6.08 Å². The SMILES string of the molecule is CCCCCc1ccc(-c2ccc(C=CC3CCC(CCC)CC3)cc2)cc1. The molecule has 1 aliphatic rings. The molecule has 0 unspecified atom stereocenters. The largest absolute Gasteiger partial charge is 0.0808 e. The van der Waals surface area contributed by atoms with Crippen molar-refractivity contribution in [2.24, 2.45) is 11.8 Å². The molecule has 150 valence electrons. The third kappa shape index (κ3) is 6.36. The maximum absolute atomic E-state index is 2.46. The fraction of sp³-hybridized carbons (Fsp3) is 0.500. The van der Waals surface area contributed by atoms with Gasteiger partial charge in [0.15, 0.2) is 0 Å². The molecule has 0 atom stereocenters. The van der Waals surface area contributed by atoms with Crippen LogP contribution < -0.4 is 0 Å². The van der Waals surface area contributed by atoms with E-state index in [1.807, 2.05) is 0 Å². The van der Waals surface area contributed by atoms with Crippen LogP contribution in [0.25, 0.3) is 17.2 Å². The number of hydrogen-bond acceptors (Lipinski definition) is 0. The smallest absolute Gasteiger partial charge is 0.0184 e. The lowest BCUT2D eigenvalue weighted by Crippen LogP contribution is -2.12. The minimum absolute atomic E-state index is 0.785. The third-order valence-electron chi connectivity index (χ3n) is 6.42. The first-order valence-electron chi connectivity index (χ1n) is 11.7. The van der Waals surface area contributed by atoms with Crippen LogP contribution in [0.3, 0.4) is 0 Å². The van der Waals surface area contributed by atoms with Gasteiger partial charge in [-0.25, -0.2) is 0 Å². The average molecular weight is 375 g/mol. The number of benzene rings is 2. The van der Waals surface area contributed by atoms with E-state index in [1.54, 1.807) is 0 Å². The maximum atomic E-state index is 2.46. The van der Waals surface area contributed by atoms with E-state index < -0.39 is 0 Å². The highest BCUT2D eigenvalue weighted by Gasteiger charge is 2.18. The van der Waals surface area contributed by atoms with Crippen molar-refractivity contribution in [2.75, 3.05) is 0 Å². The van der Waals surface area contributed by atoms with Crippen LogP contribution >= 0.6 is 0 Å². The quantitative estimate of drug-likeness (QED) is 0.385. The van der Waals surface area contributed by atoms with Gasteiger partial charge < -0.3 is 0 Å². The number of rotatable bonds is 9. The van der Waals surface area contributed by atoms with Crippen LogP contribution in [-0.4, -0.2) is 0 Å². The van der Waals surface area contributed by atoms with Crippen molar-refractivity contribution in [3.8, 4) is 11.1 Å². The van der Waals surface area contributed by atoms with Crippen LogP contribution in [0.1, 0.15) is 82.8 Å². The maximum Gasteiger partial charge on any atom is -0.0184 e. The van der Waals surface area contributed by atoms with E-state index in [-0.39, 0.29) is 0 Å². The van der Waals surface area contributed by atoms with E-state index in [1.165, 1.54) is 86.5 Å². The zero-order chi connectivity index (χ0) is 19.6. The third-order valence-corrected chi connectivity index (χ3v) is 6.42. The van der Waals surface area contributed by atoms with Crippen molar-refractivity contribution in [1.82, 2.24) is 0 Å². The lowest BCUT2D eigenvalue weighted by molar-refractivity contribution is 0.295. The molecule has 0 saturated heterocycles. The van der Waals surface area contributed by atoms with Crippen LogP contribution in [0.4, 0.5) is 0 Å². The number of aryl methyl sites for hydroxylation is 1. The minimum atomic E-state index is 0.785. The van der Waals surface area contributed by atoms with Crippen molar-refractivity contribution in [1.29, 1.82) is 0 Å². The Kier molecular flexibility index (Phi) is 8.40. The Morgan fingerprint density at radius 2 is 1.39 bits per heavy atom. The summed E-state index contributed by atoms with van der Waals surface area (Å²) in [4.78, 5) is 0.